The molecule has 4 heteroatoms. The maximum Gasteiger partial charge on any atom is 0.104 e. The van der Waals surface area contributed by atoms with Crippen molar-refractivity contribution in [3.8, 4) is 0 Å². The third-order valence-corrected chi connectivity index (χ3v) is 2.74. The Morgan fingerprint density at radius 2 is 2.67 bits per heavy atom. The van der Waals surface area contributed by atoms with Crippen LogP contribution in [0.25, 0.3) is 0 Å². The molecule has 0 amide bonds. The van der Waals surface area contributed by atoms with Gasteiger partial charge in [0, 0.05) is 6.61 Å². The summed E-state index contributed by atoms with van der Waals surface area (Å²) >= 11 is 3.42. The molecule has 0 spiro atoms. The molecule has 3 nitrogen and oxygen atoms in total. The summed E-state index contributed by atoms with van der Waals surface area (Å²) in [7, 11) is 0. The molecule has 1 aromatic heterocycles. The van der Waals surface area contributed by atoms with Gasteiger partial charge < -0.3 is 4.74 Å². The highest BCUT2D eigenvalue weighted by atomic mass is 79.9. The van der Waals surface area contributed by atoms with E-state index in [2.05, 4.69) is 21.0 Å². The van der Waals surface area contributed by atoms with Crippen LogP contribution < -0.4 is 0 Å². The van der Waals surface area contributed by atoms with E-state index in [4.69, 9.17) is 4.74 Å². The van der Waals surface area contributed by atoms with Crippen LogP contribution in [0.15, 0.2) is 16.9 Å². The molecule has 1 aliphatic heterocycles. The summed E-state index contributed by atoms with van der Waals surface area (Å²) in [6.45, 7) is 1.77. The first-order valence-electron chi connectivity index (χ1n) is 4.15. The van der Waals surface area contributed by atoms with Crippen molar-refractivity contribution >= 4 is 15.9 Å². The van der Waals surface area contributed by atoms with E-state index in [0.29, 0.717) is 6.10 Å². The van der Waals surface area contributed by atoms with Crippen molar-refractivity contribution in [1.82, 2.24) is 9.78 Å². The first kappa shape index (κ1) is 8.26. The van der Waals surface area contributed by atoms with Crippen LogP contribution in [0.3, 0.4) is 0 Å². The van der Waals surface area contributed by atoms with Crippen LogP contribution in [0.4, 0.5) is 0 Å². The van der Waals surface area contributed by atoms with E-state index in [1.807, 2.05) is 10.7 Å². The molecule has 0 radical (unpaired) electrons. The van der Waals surface area contributed by atoms with Crippen molar-refractivity contribution in [2.45, 2.75) is 25.5 Å². The minimum absolute atomic E-state index is 0.362. The lowest BCUT2D eigenvalue weighted by Crippen LogP contribution is -2.15. The quantitative estimate of drug-likeness (QED) is 0.776. The van der Waals surface area contributed by atoms with Crippen molar-refractivity contribution in [3.05, 3.63) is 16.9 Å². The van der Waals surface area contributed by atoms with Crippen molar-refractivity contribution in [2.75, 3.05) is 6.61 Å². The van der Waals surface area contributed by atoms with Gasteiger partial charge in [0.15, 0.2) is 0 Å². The summed E-state index contributed by atoms with van der Waals surface area (Å²) in [5.74, 6) is 0. The Hall–Kier alpha value is -0.350. The Labute approximate surface area is 79.8 Å². The molecule has 1 unspecified atom stereocenters. The van der Waals surface area contributed by atoms with E-state index >= 15 is 0 Å². The van der Waals surface area contributed by atoms with Crippen LogP contribution in [0.1, 0.15) is 12.8 Å². The Bertz CT molecular complexity index is 255. The molecule has 0 aliphatic carbocycles. The van der Waals surface area contributed by atoms with Gasteiger partial charge in [-0.15, -0.1) is 0 Å². The third-order valence-electron chi connectivity index (χ3n) is 2.07. The number of halogens is 1. The van der Waals surface area contributed by atoms with Crippen LogP contribution in [0.2, 0.25) is 0 Å². The molecular weight excluding hydrogens is 220 g/mol. The van der Waals surface area contributed by atoms with Gasteiger partial charge in [0.05, 0.1) is 18.8 Å². The SMILES string of the molecule is Brc1ccnn1CC1CCCO1. The van der Waals surface area contributed by atoms with Gasteiger partial charge in [0.1, 0.15) is 4.60 Å². The molecule has 0 bridgehead atoms. The van der Waals surface area contributed by atoms with E-state index in [-0.39, 0.29) is 0 Å². The second-order valence-electron chi connectivity index (χ2n) is 2.97. The summed E-state index contributed by atoms with van der Waals surface area (Å²) < 4.78 is 8.45. The molecule has 1 atom stereocenters. The van der Waals surface area contributed by atoms with Crippen LogP contribution in [-0.2, 0) is 11.3 Å². The van der Waals surface area contributed by atoms with Gasteiger partial charge in [-0.1, -0.05) is 0 Å². The molecule has 1 aromatic rings. The minimum atomic E-state index is 0.362. The first-order valence-corrected chi connectivity index (χ1v) is 4.94. The molecule has 2 rings (SSSR count). The maximum absolute atomic E-state index is 5.50. The number of ether oxygens (including phenoxy) is 1. The van der Waals surface area contributed by atoms with Crippen molar-refractivity contribution in [3.63, 3.8) is 0 Å². The van der Waals surface area contributed by atoms with Gasteiger partial charge in [0.2, 0.25) is 0 Å². The molecular formula is C8H11BrN2O. The average molecular weight is 231 g/mol. The molecule has 66 valence electrons. The summed E-state index contributed by atoms with van der Waals surface area (Å²) in [5.41, 5.74) is 0. The van der Waals surface area contributed by atoms with Crippen molar-refractivity contribution < 1.29 is 4.74 Å². The topological polar surface area (TPSA) is 27.1 Å². The fourth-order valence-electron chi connectivity index (χ4n) is 1.43. The van der Waals surface area contributed by atoms with Crippen LogP contribution in [0, 0.1) is 0 Å². The van der Waals surface area contributed by atoms with Crippen LogP contribution in [0.5, 0.6) is 0 Å². The zero-order valence-corrected chi connectivity index (χ0v) is 8.33. The lowest BCUT2D eigenvalue weighted by Gasteiger charge is -2.09. The largest absolute Gasteiger partial charge is 0.376 e. The monoisotopic (exact) mass is 230 g/mol. The van der Waals surface area contributed by atoms with Gasteiger partial charge in [-0.2, -0.15) is 5.10 Å². The summed E-state index contributed by atoms with van der Waals surface area (Å²) in [6, 6.07) is 1.94. The van der Waals surface area contributed by atoms with Crippen molar-refractivity contribution in [2.24, 2.45) is 0 Å². The smallest absolute Gasteiger partial charge is 0.104 e. The predicted octanol–water partition coefficient (Wildman–Crippen LogP) is 1.82. The second kappa shape index (κ2) is 3.58. The highest BCUT2D eigenvalue weighted by Crippen LogP contribution is 2.16. The second-order valence-corrected chi connectivity index (χ2v) is 3.78. The van der Waals surface area contributed by atoms with Gasteiger partial charge in [-0.25, -0.2) is 0 Å². The fraction of sp³-hybridized carbons (Fsp3) is 0.625. The van der Waals surface area contributed by atoms with Crippen LogP contribution >= 0.6 is 15.9 Å². The summed E-state index contributed by atoms with van der Waals surface area (Å²) in [6.07, 6.45) is 4.50. The zero-order valence-electron chi connectivity index (χ0n) is 6.74. The van der Waals surface area contributed by atoms with Gasteiger partial charge in [0.25, 0.3) is 0 Å². The highest BCUT2D eigenvalue weighted by molar-refractivity contribution is 9.10. The Kier molecular flexibility index (Phi) is 2.46. The Balaban J connectivity index is 1.98. The number of rotatable bonds is 2. The maximum atomic E-state index is 5.50. The van der Waals surface area contributed by atoms with E-state index in [1.54, 1.807) is 6.20 Å². The minimum Gasteiger partial charge on any atom is -0.376 e. The first-order chi connectivity index (χ1) is 5.86. The van der Waals surface area contributed by atoms with E-state index in [9.17, 15) is 0 Å². The van der Waals surface area contributed by atoms with Gasteiger partial charge in [-0.3, -0.25) is 4.68 Å². The van der Waals surface area contributed by atoms with Gasteiger partial charge in [-0.05, 0) is 34.8 Å². The van der Waals surface area contributed by atoms with E-state index in [0.717, 1.165) is 24.2 Å². The molecule has 12 heavy (non-hydrogen) atoms. The lowest BCUT2D eigenvalue weighted by atomic mass is 10.2. The molecule has 0 saturated carbocycles. The summed E-state index contributed by atoms with van der Waals surface area (Å²) in [4.78, 5) is 0. The molecule has 0 N–H and O–H groups in total. The Morgan fingerprint density at radius 1 is 1.75 bits per heavy atom. The Morgan fingerprint density at radius 3 is 3.25 bits per heavy atom. The van der Waals surface area contributed by atoms with Crippen molar-refractivity contribution in [1.29, 1.82) is 0 Å². The molecule has 0 aromatic carbocycles. The number of nitrogens with zero attached hydrogens (tertiary/aromatic N) is 2. The standard InChI is InChI=1S/C8H11BrN2O/c9-8-3-4-10-11(8)6-7-2-1-5-12-7/h3-4,7H,1-2,5-6H2. The molecule has 1 fully saturated rings. The van der Waals surface area contributed by atoms with E-state index in [1.165, 1.54) is 6.42 Å². The lowest BCUT2D eigenvalue weighted by molar-refractivity contribution is 0.0934. The average Bonchev–Trinajstić information content (AvgIpc) is 2.65. The highest BCUT2D eigenvalue weighted by Gasteiger charge is 2.16. The fourth-order valence-corrected chi connectivity index (χ4v) is 1.79. The van der Waals surface area contributed by atoms with Gasteiger partial charge >= 0.3 is 0 Å². The summed E-state index contributed by atoms with van der Waals surface area (Å²) in [5, 5.41) is 4.17. The zero-order chi connectivity index (χ0) is 8.39. The molecule has 1 aliphatic rings. The van der Waals surface area contributed by atoms with Crippen LogP contribution in [-0.4, -0.2) is 22.5 Å². The molecule has 1 saturated heterocycles. The normalized spacial score (nSPS) is 23.2. The van der Waals surface area contributed by atoms with E-state index < -0.39 is 0 Å². The number of hydrogen-bond donors (Lipinski definition) is 0. The number of hydrogen-bond acceptors (Lipinski definition) is 2. The molecule has 2 heterocycles. The predicted molar refractivity (Wildman–Crippen MR) is 48.9 cm³/mol. The third kappa shape index (κ3) is 1.69. The number of aromatic nitrogens is 2.